The molecular formula is C20H24ClN3O2. The predicted molar refractivity (Wildman–Crippen MR) is 107 cm³/mol. The molecule has 0 bridgehead atoms. The number of hydrogen-bond donors (Lipinski definition) is 3. The molecule has 2 aromatic rings. The summed E-state index contributed by atoms with van der Waals surface area (Å²) in [6.45, 7) is 3.81. The van der Waals surface area contributed by atoms with E-state index in [0.29, 0.717) is 11.3 Å². The van der Waals surface area contributed by atoms with E-state index in [-0.39, 0.29) is 36.2 Å². The fourth-order valence-corrected chi connectivity index (χ4v) is 2.69. The van der Waals surface area contributed by atoms with Crippen molar-refractivity contribution in [3.8, 4) is 0 Å². The Morgan fingerprint density at radius 2 is 1.77 bits per heavy atom. The number of amides is 2. The van der Waals surface area contributed by atoms with Gasteiger partial charge in [-0.25, -0.2) is 0 Å². The number of nitrogen functional groups attached to an aromatic ring is 1. The average molecular weight is 374 g/mol. The number of carbonyl (C=O) groups is 2. The molecule has 6 heteroatoms. The Kier molecular flexibility index (Phi) is 6.27. The van der Waals surface area contributed by atoms with Crippen molar-refractivity contribution in [1.82, 2.24) is 5.32 Å². The molecule has 1 aliphatic rings. The predicted octanol–water partition coefficient (Wildman–Crippen LogP) is 3.84. The molecule has 1 aliphatic carbocycles. The van der Waals surface area contributed by atoms with Gasteiger partial charge in [0.25, 0.3) is 5.91 Å². The van der Waals surface area contributed by atoms with Crippen LogP contribution < -0.4 is 16.4 Å². The monoisotopic (exact) mass is 373 g/mol. The van der Waals surface area contributed by atoms with Gasteiger partial charge in [0.1, 0.15) is 0 Å². The fraction of sp³-hybridized carbons (Fsp3) is 0.300. The Morgan fingerprint density at radius 3 is 2.38 bits per heavy atom. The second-order valence-electron chi connectivity index (χ2n) is 6.66. The third kappa shape index (κ3) is 4.76. The van der Waals surface area contributed by atoms with Gasteiger partial charge >= 0.3 is 0 Å². The van der Waals surface area contributed by atoms with Crippen molar-refractivity contribution < 1.29 is 9.59 Å². The Balaban J connectivity index is 0.00000243. The molecule has 138 valence electrons. The standard InChI is InChI=1S/C20H23N3O2.ClH/c1-12-3-8-16(21)11-18(12)20(25)22-13(2)14-6-9-17(10-7-14)23-19(24)15-4-5-15;/h3,6-11,13,15H,4-5,21H2,1-2H3,(H,22,25)(H,23,24);1H. The summed E-state index contributed by atoms with van der Waals surface area (Å²) in [7, 11) is 0. The second kappa shape index (κ2) is 8.23. The quantitative estimate of drug-likeness (QED) is 0.696. The van der Waals surface area contributed by atoms with Gasteiger partial charge in [0.2, 0.25) is 5.91 Å². The van der Waals surface area contributed by atoms with Crippen LogP contribution >= 0.6 is 12.4 Å². The van der Waals surface area contributed by atoms with Gasteiger partial charge in [-0.1, -0.05) is 18.2 Å². The average Bonchev–Trinajstić information content (AvgIpc) is 3.42. The smallest absolute Gasteiger partial charge is 0.252 e. The number of nitrogens with two attached hydrogens (primary N) is 1. The van der Waals surface area contributed by atoms with Crippen LogP contribution in [0, 0.1) is 12.8 Å². The highest BCUT2D eigenvalue weighted by Gasteiger charge is 2.29. The summed E-state index contributed by atoms with van der Waals surface area (Å²) in [5.74, 6) is 0.120. The number of hydrogen-bond acceptors (Lipinski definition) is 3. The summed E-state index contributed by atoms with van der Waals surface area (Å²) in [6.07, 6.45) is 1.97. The van der Waals surface area contributed by atoms with Crippen LogP contribution in [0.15, 0.2) is 42.5 Å². The van der Waals surface area contributed by atoms with Gasteiger partial charge in [-0.05, 0) is 62.1 Å². The topological polar surface area (TPSA) is 84.2 Å². The van der Waals surface area contributed by atoms with Crippen LogP contribution in [0.5, 0.6) is 0 Å². The fourth-order valence-electron chi connectivity index (χ4n) is 2.69. The lowest BCUT2D eigenvalue weighted by molar-refractivity contribution is -0.117. The van der Waals surface area contributed by atoms with Crippen molar-refractivity contribution >= 4 is 35.6 Å². The highest BCUT2D eigenvalue weighted by Crippen LogP contribution is 2.30. The van der Waals surface area contributed by atoms with Crippen molar-refractivity contribution in [2.24, 2.45) is 5.92 Å². The zero-order valence-electron chi connectivity index (χ0n) is 14.9. The van der Waals surface area contributed by atoms with E-state index in [9.17, 15) is 9.59 Å². The molecule has 0 spiro atoms. The maximum Gasteiger partial charge on any atom is 0.252 e. The third-order valence-corrected chi connectivity index (χ3v) is 4.48. The maximum absolute atomic E-state index is 12.5. The molecule has 5 nitrogen and oxygen atoms in total. The Bertz CT molecular complexity index is 801. The lowest BCUT2D eigenvalue weighted by Gasteiger charge is -2.16. The number of rotatable bonds is 5. The van der Waals surface area contributed by atoms with Gasteiger partial charge in [0.05, 0.1) is 6.04 Å². The van der Waals surface area contributed by atoms with Crippen LogP contribution in [0.3, 0.4) is 0 Å². The molecule has 3 rings (SSSR count). The molecule has 0 aromatic heterocycles. The highest BCUT2D eigenvalue weighted by atomic mass is 35.5. The van der Waals surface area contributed by atoms with E-state index in [4.69, 9.17) is 5.73 Å². The van der Waals surface area contributed by atoms with Crippen molar-refractivity contribution in [3.05, 3.63) is 59.2 Å². The normalized spacial score (nSPS) is 14.1. The molecule has 1 atom stereocenters. The molecule has 4 N–H and O–H groups in total. The molecule has 0 radical (unpaired) electrons. The Labute approximate surface area is 159 Å². The molecule has 0 heterocycles. The number of nitrogens with one attached hydrogen (secondary N) is 2. The molecule has 1 unspecified atom stereocenters. The molecule has 2 amide bonds. The molecule has 1 saturated carbocycles. The number of aryl methyl sites for hydroxylation is 1. The number of benzene rings is 2. The lowest BCUT2D eigenvalue weighted by atomic mass is 10.0. The number of carbonyl (C=O) groups excluding carboxylic acids is 2. The van der Waals surface area contributed by atoms with E-state index >= 15 is 0 Å². The third-order valence-electron chi connectivity index (χ3n) is 4.48. The summed E-state index contributed by atoms with van der Waals surface area (Å²) in [5.41, 5.74) is 9.57. The Morgan fingerprint density at radius 1 is 1.12 bits per heavy atom. The molecular weight excluding hydrogens is 350 g/mol. The van der Waals surface area contributed by atoms with E-state index < -0.39 is 0 Å². The molecule has 2 aromatic carbocycles. The van der Waals surface area contributed by atoms with Crippen molar-refractivity contribution in [2.75, 3.05) is 11.1 Å². The number of anilines is 2. The van der Waals surface area contributed by atoms with Crippen LogP contribution in [-0.2, 0) is 4.79 Å². The van der Waals surface area contributed by atoms with E-state index in [0.717, 1.165) is 29.7 Å². The Hall–Kier alpha value is -2.53. The van der Waals surface area contributed by atoms with Gasteiger partial charge in [0, 0.05) is 22.9 Å². The molecule has 26 heavy (non-hydrogen) atoms. The van der Waals surface area contributed by atoms with Crippen LogP contribution in [0.2, 0.25) is 0 Å². The summed E-state index contributed by atoms with van der Waals surface area (Å²) in [5, 5.41) is 5.90. The maximum atomic E-state index is 12.5. The first-order chi connectivity index (χ1) is 11.9. The van der Waals surface area contributed by atoms with Gasteiger partial charge in [-0.3, -0.25) is 9.59 Å². The van der Waals surface area contributed by atoms with Crippen LogP contribution in [-0.4, -0.2) is 11.8 Å². The minimum atomic E-state index is -0.151. The largest absolute Gasteiger partial charge is 0.399 e. The minimum Gasteiger partial charge on any atom is -0.399 e. The first kappa shape index (κ1) is 19.8. The first-order valence-electron chi connectivity index (χ1n) is 8.52. The minimum absolute atomic E-state index is 0. The van der Waals surface area contributed by atoms with E-state index in [1.165, 1.54) is 0 Å². The van der Waals surface area contributed by atoms with Gasteiger partial charge < -0.3 is 16.4 Å². The van der Waals surface area contributed by atoms with Crippen LogP contribution in [0.1, 0.15) is 47.3 Å². The second-order valence-corrected chi connectivity index (χ2v) is 6.66. The van der Waals surface area contributed by atoms with Crippen LogP contribution in [0.4, 0.5) is 11.4 Å². The highest BCUT2D eigenvalue weighted by molar-refractivity contribution is 5.96. The van der Waals surface area contributed by atoms with E-state index in [1.54, 1.807) is 12.1 Å². The lowest BCUT2D eigenvalue weighted by Crippen LogP contribution is -2.27. The van der Waals surface area contributed by atoms with Crippen LogP contribution in [0.25, 0.3) is 0 Å². The van der Waals surface area contributed by atoms with Crippen molar-refractivity contribution in [3.63, 3.8) is 0 Å². The molecule has 1 fully saturated rings. The zero-order valence-corrected chi connectivity index (χ0v) is 15.7. The summed E-state index contributed by atoms with van der Waals surface area (Å²) in [6, 6.07) is 12.7. The van der Waals surface area contributed by atoms with Gasteiger partial charge in [-0.15, -0.1) is 12.4 Å². The number of halogens is 1. The zero-order chi connectivity index (χ0) is 18.0. The van der Waals surface area contributed by atoms with Gasteiger partial charge in [0.15, 0.2) is 0 Å². The summed E-state index contributed by atoms with van der Waals surface area (Å²) in [4.78, 5) is 24.2. The van der Waals surface area contributed by atoms with Crippen molar-refractivity contribution in [1.29, 1.82) is 0 Å². The first-order valence-corrected chi connectivity index (χ1v) is 8.52. The summed E-state index contributed by atoms with van der Waals surface area (Å²) < 4.78 is 0. The SMILES string of the molecule is Cc1ccc(N)cc1C(=O)NC(C)c1ccc(NC(=O)C2CC2)cc1.Cl. The van der Waals surface area contributed by atoms with E-state index in [2.05, 4.69) is 10.6 Å². The van der Waals surface area contributed by atoms with E-state index in [1.807, 2.05) is 44.2 Å². The van der Waals surface area contributed by atoms with Gasteiger partial charge in [-0.2, -0.15) is 0 Å². The summed E-state index contributed by atoms with van der Waals surface area (Å²) >= 11 is 0. The van der Waals surface area contributed by atoms with Crippen molar-refractivity contribution in [2.45, 2.75) is 32.7 Å². The molecule has 0 saturated heterocycles. The molecule has 0 aliphatic heterocycles.